The number of aliphatic hydroxyl groups excluding tert-OH is 1. The largest absolute Gasteiger partial charge is 0.389 e. The molecule has 114 valence electrons. The van der Waals surface area contributed by atoms with E-state index >= 15 is 0 Å². The number of ether oxygens (including phenoxy) is 1. The zero-order valence-corrected chi connectivity index (χ0v) is 12.7. The number of likely N-dealkylation sites (N-methyl/N-ethyl adjacent to an activating group) is 1. The van der Waals surface area contributed by atoms with Gasteiger partial charge in [0, 0.05) is 19.6 Å². The van der Waals surface area contributed by atoms with Gasteiger partial charge in [-0.1, -0.05) is 26.7 Å². The Labute approximate surface area is 118 Å². The van der Waals surface area contributed by atoms with E-state index in [0.717, 1.165) is 26.2 Å². The fourth-order valence-corrected chi connectivity index (χ4v) is 2.61. The summed E-state index contributed by atoms with van der Waals surface area (Å²) in [5, 5.41) is 13.1. The number of nitrogens with one attached hydrogen (secondary N) is 1. The number of nitrogens with zero attached hydrogens (tertiary/aromatic N) is 1. The van der Waals surface area contributed by atoms with E-state index in [0.29, 0.717) is 19.3 Å². The van der Waals surface area contributed by atoms with E-state index in [-0.39, 0.29) is 6.10 Å². The lowest BCUT2D eigenvalue weighted by atomic mass is 10.3. The van der Waals surface area contributed by atoms with E-state index in [4.69, 9.17) is 4.74 Å². The van der Waals surface area contributed by atoms with Gasteiger partial charge in [0.25, 0.3) is 0 Å². The molecule has 1 aliphatic carbocycles. The van der Waals surface area contributed by atoms with Crippen molar-refractivity contribution in [2.45, 2.75) is 58.2 Å². The van der Waals surface area contributed by atoms with Crippen molar-refractivity contribution >= 4 is 0 Å². The Morgan fingerprint density at radius 2 is 2.00 bits per heavy atom. The summed E-state index contributed by atoms with van der Waals surface area (Å²) in [5.41, 5.74) is 0. The third-order valence-corrected chi connectivity index (χ3v) is 3.80. The summed E-state index contributed by atoms with van der Waals surface area (Å²) < 4.78 is 5.70. The van der Waals surface area contributed by atoms with Gasteiger partial charge >= 0.3 is 0 Å². The van der Waals surface area contributed by atoms with Crippen LogP contribution in [0.1, 0.15) is 46.0 Å². The molecule has 1 aliphatic rings. The van der Waals surface area contributed by atoms with Crippen molar-refractivity contribution in [2.75, 3.05) is 39.3 Å². The fraction of sp³-hybridized carbons (Fsp3) is 1.00. The van der Waals surface area contributed by atoms with Gasteiger partial charge in [0.2, 0.25) is 0 Å². The van der Waals surface area contributed by atoms with Gasteiger partial charge in [0.05, 0.1) is 18.8 Å². The van der Waals surface area contributed by atoms with Gasteiger partial charge in [-0.25, -0.2) is 0 Å². The number of hydrogen-bond donors (Lipinski definition) is 2. The van der Waals surface area contributed by atoms with E-state index in [9.17, 15) is 5.11 Å². The molecule has 0 aliphatic heterocycles. The fourth-order valence-electron chi connectivity index (χ4n) is 2.61. The minimum atomic E-state index is -0.373. The van der Waals surface area contributed by atoms with Crippen LogP contribution in [-0.4, -0.2) is 61.5 Å². The summed E-state index contributed by atoms with van der Waals surface area (Å²) in [7, 11) is 0. The predicted octanol–water partition coefficient (Wildman–Crippen LogP) is 1.63. The van der Waals surface area contributed by atoms with Crippen LogP contribution < -0.4 is 5.32 Å². The molecule has 1 fully saturated rings. The van der Waals surface area contributed by atoms with Crippen molar-refractivity contribution < 1.29 is 9.84 Å². The summed E-state index contributed by atoms with van der Waals surface area (Å²) in [6.45, 7) is 9.77. The summed E-state index contributed by atoms with van der Waals surface area (Å²) in [4.78, 5) is 2.43. The molecule has 1 unspecified atom stereocenters. The van der Waals surface area contributed by atoms with Gasteiger partial charge in [-0.3, -0.25) is 0 Å². The monoisotopic (exact) mass is 272 g/mol. The normalized spacial score (nSPS) is 18.3. The molecule has 0 amide bonds. The summed E-state index contributed by atoms with van der Waals surface area (Å²) in [6.07, 6.45) is 6.13. The first-order valence-corrected chi connectivity index (χ1v) is 7.99. The van der Waals surface area contributed by atoms with Crippen LogP contribution in [0.2, 0.25) is 0 Å². The Hall–Kier alpha value is -0.160. The van der Waals surface area contributed by atoms with E-state index in [2.05, 4.69) is 24.1 Å². The maximum absolute atomic E-state index is 9.83. The molecule has 4 nitrogen and oxygen atoms in total. The van der Waals surface area contributed by atoms with E-state index < -0.39 is 0 Å². The molecule has 0 radical (unpaired) electrons. The average molecular weight is 272 g/mol. The Kier molecular flexibility index (Phi) is 9.43. The zero-order chi connectivity index (χ0) is 13.9. The van der Waals surface area contributed by atoms with Crippen LogP contribution in [0.4, 0.5) is 0 Å². The van der Waals surface area contributed by atoms with Gasteiger partial charge in [0.15, 0.2) is 0 Å². The molecule has 4 heteroatoms. The SMILES string of the molecule is CCCN(CC)CCNCC(O)COC1CCCC1. The Morgan fingerprint density at radius 3 is 2.63 bits per heavy atom. The highest BCUT2D eigenvalue weighted by molar-refractivity contribution is 4.68. The molecule has 1 saturated carbocycles. The number of hydrogen-bond acceptors (Lipinski definition) is 4. The summed E-state index contributed by atoms with van der Waals surface area (Å²) in [5.74, 6) is 0. The lowest BCUT2D eigenvalue weighted by Crippen LogP contribution is -2.37. The maximum Gasteiger partial charge on any atom is 0.0897 e. The third kappa shape index (κ3) is 7.88. The van der Waals surface area contributed by atoms with Crippen LogP contribution in [0, 0.1) is 0 Å². The summed E-state index contributed by atoms with van der Waals surface area (Å²) >= 11 is 0. The quantitative estimate of drug-likeness (QED) is 0.561. The maximum atomic E-state index is 9.83. The molecule has 1 rings (SSSR count). The lowest BCUT2D eigenvalue weighted by Gasteiger charge is -2.20. The van der Waals surface area contributed by atoms with Crippen molar-refractivity contribution in [3.8, 4) is 0 Å². The van der Waals surface area contributed by atoms with Crippen LogP contribution in [0.3, 0.4) is 0 Å². The predicted molar refractivity (Wildman–Crippen MR) is 79.5 cm³/mol. The van der Waals surface area contributed by atoms with Gasteiger partial charge in [-0.05, 0) is 32.4 Å². The van der Waals surface area contributed by atoms with Crippen LogP contribution >= 0.6 is 0 Å². The highest BCUT2D eigenvalue weighted by atomic mass is 16.5. The van der Waals surface area contributed by atoms with Crippen molar-refractivity contribution in [3.05, 3.63) is 0 Å². The second-order valence-electron chi connectivity index (χ2n) is 5.53. The molecule has 19 heavy (non-hydrogen) atoms. The molecule has 0 aromatic carbocycles. The van der Waals surface area contributed by atoms with E-state index in [1.54, 1.807) is 0 Å². The average Bonchev–Trinajstić information content (AvgIpc) is 2.93. The molecule has 0 heterocycles. The molecule has 2 N–H and O–H groups in total. The van der Waals surface area contributed by atoms with Gasteiger partial charge in [-0.15, -0.1) is 0 Å². The van der Waals surface area contributed by atoms with Crippen molar-refractivity contribution in [2.24, 2.45) is 0 Å². The van der Waals surface area contributed by atoms with Crippen molar-refractivity contribution in [1.29, 1.82) is 0 Å². The van der Waals surface area contributed by atoms with E-state index in [1.165, 1.54) is 32.1 Å². The zero-order valence-electron chi connectivity index (χ0n) is 12.7. The smallest absolute Gasteiger partial charge is 0.0897 e. The van der Waals surface area contributed by atoms with Crippen LogP contribution in [0.5, 0.6) is 0 Å². The highest BCUT2D eigenvalue weighted by Gasteiger charge is 2.16. The van der Waals surface area contributed by atoms with Crippen molar-refractivity contribution in [1.82, 2.24) is 10.2 Å². The van der Waals surface area contributed by atoms with Crippen molar-refractivity contribution in [3.63, 3.8) is 0 Å². The first-order chi connectivity index (χ1) is 9.26. The molecular formula is C15H32N2O2. The lowest BCUT2D eigenvalue weighted by molar-refractivity contribution is -0.00547. The Morgan fingerprint density at radius 1 is 1.26 bits per heavy atom. The van der Waals surface area contributed by atoms with Gasteiger partial charge < -0.3 is 20.1 Å². The number of aliphatic hydroxyl groups is 1. The molecule has 1 atom stereocenters. The molecule has 0 saturated heterocycles. The molecular weight excluding hydrogens is 240 g/mol. The summed E-state index contributed by atoms with van der Waals surface area (Å²) in [6, 6.07) is 0. The van der Waals surface area contributed by atoms with Gasteiger partial charge in [0.1, 0.15) is 0 Å². The minimum Gasteiger partial charge on any atom is -0.389 e. The second-order valence-corrected chi connectivity index (χ2v) is 5.53. The Balaban J connectivity index is 1.95. The second kappa shape index (κ2) is 10.6. The van der Waals surface area contributed by atoms with Crippen LogP contribution in [0.15, 0.2) is 0 Å². The first-order valence-electron chi connectivity index (χ1n) is 7.99. The molecule has 0 spiro atoms. The Bertz CT molecular complexity index is 208. The van der Waals surface area contributed by atoms with Crippen LogP contribution in [0.25, 0.3) is 0 Å². The third-order valence-electron chi connectivity index (χ3n) is 3.80. The van der Waals surface area contributed by atoms with Gasteiger partial charge in [-0.2, -0.15) is 0 Å². The topological polar surface area (TPSA) is 44.7 Å². The first kappa shape index (κ1) is 16.9. The molecule has 0 bridgehead atoms. The minimum absolute atomic E-state index is 0.373. The van der Waals surface area contributed by atoms with E-state index in [1.807, 2.05) is 0 Å². The molecule has 0 aromatic heterocycles. The standard InChI is InChI=1S/C15H32N2O2/c1-3-10-17(4-2)11-9-16-12-14(18)13-19-15-7-5-6-8-15/h14-16,18H,3-13H2,1-2H3. The molecule has 0 aromatic rings. The number of rotatable bonds is 11. The van der Waals surface area contributed by atoms with Crippen LogP contribution in [-0.2, 0) is 4.74 Å². The highest BCUT2D eigenvalue weighted by Crippen LogP contribution is 2.20.